The zero-order valence-corrected chi connectivity index (χ0v) is 10.5. The van der Waals surface area contributed by atoms with Crippen LogP contribution in [0.25, 0.3) is 0 Å². The Morgan fingerprint density at radius 1 is 1.69 bits per heavy atom. The number of carbonyl (C=O) groups is 1. The Kier molecular flexibility index (Phi) is 5.37. The van der Waals surface area contributed by atoms with Gasteiger partial charge in [-0.25, -0.2) is 4.79 Å². The number of halogens is 1. The summed E-state index contributed by atoms with van der Waals surface area (Å²) in [5.74, 6) is -0.414. The van der Waals surface area contributed by atoms with Crippen LogP contribution in [0.5, 0.6) is 0 Å². The average Bonchev–Trinajstić information content (AvgIpc) is 2.30. The van der Waals surface area contributed by atoms with Gasteiger partial charge in [0.25, 0.3) is 0 Å². The first kappa shape index (κ1) is 13.1. The summed E-state index contributed by atoms with van der Waals surface area (Å²) in [6.07, 6.45) is 1.46. The van der Waals surface area contributed by atoms with Crippen LogP contribution in [0.15, 0.2) is 16.7 Å². The quantitative estimate of drug-likeness (QED) is 0.617. The van der Waals surface area contributed by atoms with E-state index >= 15 is 0 Å². The molecule has 0 unspecified atom stereocenters. The van der Waals surface area contributed by atoms with Crippen molar-refractivity contribution in [3.63, 3.8) is 0 Å². The number of carbonyl (C=O) groups excluding carboxylic acids is 1. The van der Waals surface area contributed by atoms with Crippen LogP contribution in [0.2, 0.25) is 0 Å². The van der Waals surface area contributed by atoms with E-state index in [9.17, 15) is 4.79 Å². The van der Waals surface area contributed by atoms with Crippen molar-refractivity contribution in [2.24, 2.45) is 0 Å². The number of aliphatic hydroxyl groups is 1. The highest BCUT2D eigenvalue weighted by molar-refractivity contribution is 9.10. The molecule has 1 aromatic heterocycles. The Balaban J connectivity index is 2.71. The molecule has 1 rings (SSSR count). The van der Waals surface area contributed by atoms with Crippen molar-refractivity contribution in [3.8, 4) is 0 Å². The standard InChI is InChI=1S/C10H13BrN2O3/c1-16-10(15)7-4-8(11)9(13-5-7)6-12-2-3-14/h4-5,12,14H,2-3,6H2,1H3. The zero-order chi connectivity index (χ0) is 12.0. The molecule has 0 fully saturated rings. The molecule has 88 valence electrons. The topological polar surface area (TPSA) is 71.5 Å². The number of hydrogen-bond donors (Lipinski definition) is 2. The zero-order valence-electron chi connectivity index (χ0n) is 8.86. The fourth-order valence-corrected chi connectivity index (χ4v) is 1.60. The van der Waals surface area contributed by atoms with E-state index in [-0.39, 0.29) is 6.61 Å². The van der Waals surface area contributed by atoms with Gasteiger partial charge in [-0.15, -0.1) is 0 Å². The van der Waals surface area contributed by atoms with Crippen LogP contribution in [-0.2, 0) is 11.3 Å². The van der Waals surface area contributed by atoms with Crippen molar-refractivity contribution in [3.05, 3.63) is 28.0 Å². The summed E-state index contributed by atoms with van der Waals surface area (Å²) >= 11 is 3.32. The molecule has 0 radical (unpaired) electrons. The van der Waals surface area contributed by atoms with Gasteiger partial charge in [-0.1, -0.05) is 0 Å². The first-order chi connectivity index (χ1) is 7.69. The van der Waals surface area contributed by atoms with Crippen LogP contribution in [-0.4, -0.2) is 36.3 Å². The van der Waals surface area contributed by atoms with Gasteiger partial charge in [0.05, 0.1) is 25.0 Å². The van der Waals surface area contributed by atoms with Gasteiger partial charge in [0.2, 0.25) is 0 Å². The summed E-state index contributed by atoms with van der Waals surface area (Å²) in [6, 6.07) is 1.66. The predicted molar refractivity (Wildman–Crippen MR) is 62.1 cm³/mol. The monoisotopic (exact) mass is 288 g/mol. The highest BCUT2D eigenvalue weighted by atomic mass is 79.9. The third-order valence-corrected chi connectivity index (χ3v) is 2.61. The molecule has 0 atom stereocenters. The Morgan fingerprint density at radius 3 is 3.00 bits per heavy atom. The van der Waals surface area contributed by atoms with Gasteiger partial charge in [0, 0.05) is 23.8 Å². The summed E-state index contributed by atoms with van der Waals surface area (Å²) in [6.45, 7) is 1.12. The summed E-state index contributed by atoms with van der Waals surface area (Å²) in [5.41, 5.74) is 1.18. The highest BCUT2D eigenvalue weighted by Crippen LogP contribution is 2.16. The third-order valence-electron chi connectivity index (χ3n) is 1.92. The maximum absolute atomic E-state index is 11.2. The molecule has 6 heteroatoms. The SMILES string of the molecule is COC(=O)c1cnc(CNCCO)c(Br)c1. The van der Waals surface area contributed by atoms with Gasteiger partial charge in [0.1, 0.15) is 0 Å². The van der Waals surface area contributed by atoms with Crippen LogP contribution < -0.4 is 5.32 Å². The number of nitrogens with zero attached hydrogens (tertiary/aromatic N) is 1. The van der Waals surface area contributed by atoms with E-state index in [0.717, 1.165) is 10.2 Å². The predicted octanol–water partition coefficient (Wildman–Crippen LogP) is 0.713. The number of aliphatic hydroxyl groups excluding tert-OH is 1. The minimum atomic E-state index is -0.414. The number of aromatic nitrogens is 1. The lowest BCUT2D eigenvalue weighted by Gasteiger charge is -2.06. The van der Waals surface area contributed by atoms with Crippen molar-refractivity contribution in [1.29, 1.82) is 0 Å². The molecule has 0 spiro atoms. The molecule has 0 bridgehead atoms. The number of hydrogen-bond acceptors (Lipinski definition) is 5. The van der Waals surface area contributed by atoms with Gasteiger partial charge in [-0.05, 0) is 22.0 Å². The number of nitrogens with one attached hydrogen (secondary N) is 1. The number of ether oxygens (including phenoxy) is 1. The Labute approximate surface area is 102 Å². The molecule has 0 saturated carbocycles. The van der Waals surface area contributed by atoms with Gasteiger partial charge in [-0.3, -0.25) is 4.98 Å². The normalized spacial score (nSPS) is 10.2. The highest BCUT2D eigenvalue weighted by Gasteiger charge is 2.09. The third kappa shape index (κ3) is 3.55. The second-order valence-corrected chi connectivity index (χ2v) is 3.90. The van der Waals surface area contributed by atoms with Crippen molar-refractivity contribution in [2.75, 3.05) is 20.3 Å². The number of esters is 1. The van der Waals surface area contributed by atoms with Gasteiger partial charge in [0.15, 0.2) is 0 Å². The Morgan fingerprint density at radius 2 is 2.44 bits per heavy atom. The fraction of sp³-hybridized carbons (Fsp3) is 0.400. The Bertz CT molecular complexity index is 371. The largest absolute Gasteiger partial charge is 0.465 e. The number of methoxy groups -OCH3 is 1. The minimum absolute atomic E-state index is 0.0812. The van der Waals surface area contributed by atoms with Gasteiger partial charge >= 0.3 is 5.97 Å². The van der Waals surface area contributed by atoms with Crippen LogP contribution in [0, 0.1) is 0 Å². The molecular formula is C10H13BrN2O3. The fourth-order valence-electron chi connectivity index (χ4n) is 1.11. The molecule has 0 aliphatic carbocycles. The second-order valence-electron chi connectivity index (χ2n) is 3.04. The summed E-state index contributed by atoms with van der Waals surface area (Å²) in [4.78, 5) is 15.3. The van der Waals surface area contributed by atoms with Crippen molar-refractivity contribution in [2.45, 2.75) is 6.54 Å². The van der Waals surface area contributed by atoms with E-state index in [1.165, 1.54) is 13.3 Å². The number of pyridine rings is 1. The molecule has 5 nitrogen and oxygen atoms in total. The van der Waals surface area contributed by atoms with Crippen LogP contribution in [0.4, 0.5) is 0 Å². The minimum Gasteiger partial charge on any atom is -0.465 e. The summed E-state index contributed by atoms with van der Waals surface area (Å²) in [5, 5.41) is 11.6. The van der Waals surface area contributed by atoms with Crippen LogP contribution in [0.1, 0.15) is 16.1 Å². The van der Waals surface area contributed by atoms with E-state index in [4.69, 9.17) is 5.11 Å². The van der Waals surface area contributed by atoms with Gasteiger partial charge in [-0.2, -0.15) is 0 Å². The van der Waals surface area contributed by atoms with E-state index < -0.39 is 5.97 Å². The van der Waals surface area contributed by atoms with E-state index in [1.807, 2.05) is 0 Å². The van der Waals surface area contributed by atoms with Crippen molar-refractivity contribution in [1.82, 2.24) is 10.3 Å². The Hall–Kier alpha value is -0.980. The first-order valence-corrected chi connectivity index (χ1v) is 5.52. The van der Waals surface area contributed by atoms with Crippen molar-refractivity contribution >= 4 is 21.9 Å². The van der Waals surface area contributed by atoms with E-state index in [2.05, 4.69) is 31.0 Å². The molecule has 16 heavy (non-hydrogen) atoms. The van der Waals surface area contributed by atoms with Crippen LogP contribution >= 0.6 is 15.9 Å². The molecule has 0 aromatic carbocycles. The maximum Gasteiger partial charge on any atom is 0.339 e. The molecule has 2 N–H and O–H groups in total. The first-order valence-electron chi connectivity index (χ1n) is 4.73. The smallest absolute Gasteiger partial charge is 0.339 e. The van der Waals surface area contributed by atoms with Crippen LogP contribution in [0.3, 0.4) is 0 Å². The summed E-state index contributed by atoms with van der Waals surface area (Å²) in [7, 11) is 1.33. The van der Waals surface area contributed by atoms with Crippen molar-refractivity contribution < 1.29 is 14.6 Å². The average molecular weight is 289 g/mol. The lowest BCUT2D eigenvalue weighted by molar-refractivity contribution is 0.0600. The summed E-state index contributed by atoms with van der Waals surface area (Å²) < 4.78 is 5.32. The molecule has 0 saturated heterocycles. The molecule has 1 heterocycles. The lowest BCUT2D eigenvalue weighted by atomic mass is 10.2. The molecular weight excluding hydrogens is 276 g/mol. The molecule has 0 amide bonds. The number of rotatable bonds is 5. The molecule has 0 aliphatic rings. The molecule has 1 aromatic rings. The second kappa shape index (κ2) is 6.57. The molecule has 0 aliphatic heterocycles. The van der Waals surface area contributed by atoms with E-state index in [1.54, 1.807) is 6.07 Å². The van der Waals surface area contributed by atoms with Gasteiger partial charge < -0.3 is 15.2 Å². The van der Waals surface area contributed by atoms with E-state index in [0.29, 0.717) is 18.7 Å². The lowest BCUT2D eigenvalue weighted by Crippen LogP contribution is -2.18. The maximum atomic E-state index is 11.2.